The lowest BCUT2D eigenvalue weighted by molar-refractivity contribution is 0.176. The van der Waals surface area contributed by atoms with Gasteiger partial charge >= 0.3 is 0 Å². The average molecular weight is 255 g/mol. The number of rotatable bonds is 10. The number of hydrogen-bond donors (Lipinski definition) is 1. The van der Waals surface area contributed by atoms with Gasteiger partial charge in [0.05, 0.1) is 0 Å². The van der Waals surface area contributed by atoms with Crippen molar-refractivity contribution in [1.29, 1.82) is 0 Å². The van der Waals surface area contributed by atoms with Crippen LogP contribution in [0.3, 0.4) is 0 Å². The summed E-state index contributed by atoms with van der Waals surface area (Å²) in [7, 11) is 0. The maximum Gasteiger partial charge on any atom is 0.0173 e. The maximum atomic E-state index is 3.71. The van der Waals surface area contributed by atoms with Crippen LogP contribution >= 0.6 is 0 Å². The van der Waals surface area contributed by atoms with Crippen LogP contribution in [0.15, 0.2) is 0 Å². The molecule has 0 heterocycles. The minimum atomic E-state index is 0.230. The average Bonchev–Trinajstić information content (AvgIpc) is 2.25. The molecule has 0 aromatic heterocycles. The molecule has 0 radical (unpaired) electrons. The van der Waals surface area contributed by atoms with E-state index in [2.05, 4.69) is 46.9 Å². The summed E-state index contributed by atoms with van der Waals surface area (Å²) in [6.45, 7) is 15.0. The van der Waals surface area contributed by atoms with Crippen LogP contribution in [-0.2, 0) is 0 Å². The van der Waals surface area contributed by atoms with Gasteiger partial charge in [0, 0.05) is 5.54 Å². The molecule has 0 spiro atoms. The maximum absolute atomic E-state index is 3.71. The van der Waals surface area contributed by atoms with Gasteiger partial charge in [0.15, 0.2) is 0 Å². The highest BCUT2D eigenvalue weighted by Crippen LogP contribution is 2.29. The van der Waals surface area contributed by atoms with Crippen LogP contribution in [0.25, 0.3) is 0 Å². The van der Waals surface area contributed by atoms with Gasteiger partial charge in [-0.05, 0) is 32.2 Å². The first kappa shape index (κ1) is 18.0. The van der Waals surface area contributed by atoms with Gasteiger partial charge in [-0.3, -0.25) is 0 Å². The highest BCUT2D eigenvalue weighted by atomic mass is 15.0. The van der Waals surface area contributed by atoms with Crippen LogP contribution in [-0.4, -0.2) is 12.1 Å². The van der Waals surface area contributed by atoms with E-state index in [4.69, 9.17) is 0 Å². The number of nitrogens with one attached hydrogen (secondary N) is 1. The molecule has 18 heavy (non-hydrogen) atoms. The molecule has 0 aliphatic heterocycles. The van der Waals surface area contributed by atoms with Gasteiger partial charge in [-0.25, -0.2) is 0 Å². The van der Waals surface area contributed by atoms with Crippen molar-refractivity contribution in [3.63, 3.8) is 0 Å². The topological polar surface area (TPSA) is 12.0 Å². The summed E-state index contributed by atoms with van der Waals surface area (Å²) in [5.41, 5.74) is 0.557. The van der Waals surface area contributed by atoms with Gasteiger partial charge in [0.25, 0.3) is 0 Å². The molecule has 0 aromatic rings. The Hall–Kier alpha value is -0.0400. The molecule has 0 unspecified atom stereocenters. The number of unbranched alkanes of at least 4 members (excludes halogenated alkanes) is 7. The molecule has 0 rings (SSSR count). The zero-order valence-corrected chi connectivity index (χ0v) is 13.9. The lowest BCUT2D eigenvalue weighted by Gasteiger charge is -2.40. The van der Waals surface area contributed by atoms with E-state index in [0.717, 1.165) is 0 Å². The molecule has 0 aliphatic carbocycles. The van der Waals surface area contributed by atoms with Crippen LogP contribution < -0.4 is 5.32 Å². The lowest BCUT2D eigenvalue weighted by Crippen LogP contribution is -2.50. The summed E-state index contributed by atoms with van der Waals surface area (Å²) < 4.78 is 0. The fraction of sp³-hybridized carbons (Fsp3) is 1.00. The summed E-state index contributed by atoms with van der Waals surface area (Å²) in [5, 5.41) is 3.71. The van der Waals surface area contributed by atoms with Crippen molar-refractivity contribution in [3.05, 3.63) is 0 Å². The van der Waals surface area contributed by atoms with Crippen LogP contribution in [0, 0.1) is 5.41 Å². The minimum Gasteiger partial charge on any atom is -0.311 e. The molecule has 0 saturated carbocycles. The molecule has 0 aromatic carbocycles. The van der Waals surface area contributed by atoms with Crippen molar-refractivity contribution in [1.82, 2.24) is 5.32 Å². The van der Waals surface area contributed by atoms with E-state index in [-0.39, 0.29) is 5.54 Å². The predicted octanol–water partition coefficient (Wildman–Crippen LogP) is 5.54. The van der Waals surface area contributed by atoms with Crippen LogP contribution in [0.4, 0.5) is 0 Å². The van der Waals surface area contributed by atoms with E-state index in [0.29, 0.717) is 5.41 Å². The predicted molar refractivity (Wildman–Crippen MR) is 84.1 cm³/mol. The SMILES string of the molecule is CCCCCCCCCCNC(C)(C)C(C)(C)C. The minimum absolute atomic E-state index is 0.230. The summed E-state index contributed by atoms with van der Waals surface area (Å²) in [6, 6.07) is 0. The van der Waals surface area contributed by atoms with Crippen molar-refractivity contribution < 1.29 is 0 Å². The highest BCUT2D eigenvalue weighted by molar-refractivity contribution is 4.89. The van der Waals surface area contributed by atoms with Crippen molar-refractivity contribution >= 4 is 0 Å². The van der Waals surface area contributed by atoms with Crippen molar-refractivity contribution in [2.45, 2.75) is 98.4 Å². The zero-order chi connectivity index (χ0) is 14.1. The van der Waals surface area contributed by atoms with Crippen molar-refractivity contribution in [3.8, 4) is 0 Å². The molecule has 1 heteroatoms. The highest BCUT2D eigenvalue weighted by Gasteiger charge is 2.31. The third kappa shape index (κ3) is 8.13. The van der Waals surface area contributed by atoms with Crippen LogP contribution in [0.1, 0.15) is 92.9 Å². The quantitative estimate of drug-likeness (QED) is 0.505. The Labute approximate surface area is 116 Å². The van der Waals surface area contributed by atoms with Gasteiger partial charge < -0.3 is 5.32 Å². The Morgan fingerprint density at radius 1 is 0.667 bits per heavy atom. The van der Waals surface area contributed by atoms with Crippen LogP contribution in [0.5, 0.6) is 0 Å². The molecule has 110 valence electrons. The molecule has 1 nitrogen and oxygen atoms in total. The van der Waals surface area contributed by atoms with Gasteiger partial charge in [0.2, 0.25) is 0 Å². The molecular weight excluding hydrogens is 218 g/mol. The molecule has 0 saturated heterocycles. The monoisotopic (exact) mass is 255 g/mol. The Kier molecular flexibility index (Phi) is 8.94. The number of hydrogen-bond acceptors (Lipinski definition) is 1. The first-order valence-electron chi connectivity index (χ1n) is 8.06. The third-order valence-electron chi connectivity index (χ3n) is 4.47. The Bertz CT molecular complexity index is 188. The first-order chi connectivity index (χ1) is 8.31. The summed E-state index contributed by atoms with van der Waals surface area (Å²) in [6.07, 6.45) is 11.2. The molecule has 1 N–H and O–H groups in total. The smallest absolute Gasteiger partial charge is 0.0173 e. The molecule has 0 aliphatic rings. The fourth-order valence-corrected chi connectivity index (χ4v) is 1.92. The Balaban J connectivity index is 3.41. The van der Waals surface area contributed by atoms with E-state index in [1.807, 2.05) is 0 Å². The molecule has 0 fully saturated rings. The van der Waals surface area contributed by atoms with Gasteiger partial charge in [-0.1, -0.05) is 72.6 Å². The summed E-state index contributed by atoms with van der Waals surface area (Å²) in [4.78, 5) is 0. The molecule has 0 amide bonds. The van der Waals surface area contributed by atoms with Crippen molar-refractivity contribution in [2.75, 3.05) is 6.54 Å². The normalized spacial score (nSPS) is 13.0. The van der Waals surface area contributed by atoms with E-state index < -0.39 is 0 Å². The van der Waals surface area contributed by atoms with Gasteiger partial charge in [-0.2, -0.15) is 0 Å². The molecular formula is C17H37N. The van der Waals surface area contributed by atoms with Gasteiger partial charge in [-0.15, -0.1) is 0 Å². The van der Waals surface area contributed by atoms with Gasteiger partial charge in [0.1, 0.15) is 0 Å². The zero-order valence-electron chi connectivity index (χ0n) is 13.9. The van der Waals surface area contributed by atoms with Crippen molar-refractivity contribution in [2.24, 2.45) is 5.41 Å². The van der Waals surface area contributed by atoms with E-state index >= 15 is 0 Å². The second kappa shape index (κ2) is 8.96. The largest absolute Gasteiger partial charge is 0.311 e. The van der Waals surface area contributed by atoms with Crippen LogP contribution in [0.2, 0.25) is 0 Å². The Morgan fingerprint density at radius 2 is 1.11 bits per heavy atom. The summed E-state index contributed by atoms with van der Waals surface area (Å²) >= 11 is 0. The first-order valence-corrected chi connectivity index (χ1v) is 8.06. The summed E-state index contributed by atoms with van der Waals surface area (Å²) in [5.74, 6) is 0. The second-order valence-electron chi connectivity index (χ2n) is 7.28. The lowest BCUT2D eigenvalue weighted by atomic mass is 9.76. The molecule has 0 atom stereocenters. The third-order valence-corrected chi connectivity index (χ3v) is 4.47. The van der Waals surface area contributed by atoms with E-state index in [9.17, 15) is 0 Å². The Morgan fingerprint density at radius 3 is 1.56 bits per heavy atom. The second-order valence-corrected chi connectivity index (χ2v) is 7.28. The standard InChI is InChI=1S/C17H37N/c1-7-8-9-10-11-12-13-14-15-18-17(5,6)16(2,3)4/h18H,7-15H2,1-6H3. The van der Waals surface area contributed by atoms with E-state index in [1.54, 1.807) is 0 Å². The molecule has 0 bridgehead atoms. The fourth-order valence-electron chi connectivity index (χ4n) is 1.92. The van der Waals surface area contributed by atoms with E-state index in [1.165, 1.54) is 57.9 Å².